The Morgan fingerprint density at radius 1 is 1.36 bits per heavy atom. The van der Waals surface area contributed by atoms with E-state index in [1.54, 1.807) is 6.92 Å². The van der Waals surface area contributed by atoms with Crippen molar-refractivity contribution in [3.05, 3.63) is 10.7 Å². The number of halogens is 4. The second-order valence-electron chi connectivity index (χ2n) is 1.93. The summed E-state index contributed by atoms with van der Waals surface area (Å²) < 4.78 is 3.82. The molecule has 0 atom stereocenters. The van der Waals surface area contributed by atoms with E-state index in [4.69, 9.17) is 45.7 Å². The summed E-state index contributed by atoms with van der Waals surface area (Å²) in [5.74, 6) is 0. The van der Waals surface area contributed by atoms with E-state index in [2.05, 4.69) is 9.85 Å². The molecule has 62 valence electrons. The molecule has 0 bridgehead atoms. The molecular formula is C4H4Cl4N2P+. The van der Waals surface area contributed by atoms with Crippen LogP contribution in [-0.2, 0) is 0 Å². The number of nitrogens with one attached hydrogen (secondary N) is 1. The van der Waals surface area contributed by atoms with Gasteiger partial charge in [0, 0.05) is 5.57 Å². The molecule has 2 nitrogen and oxygen atoms in total. The predicted octanol–water partition coefficient (Wildman–Crippen LogP) is 3.85. The summed E-state index contributed by atoms with van der Waals surface area (Å²) in [4.78, 5) is 0. The average molecular weight is 253 g/mol. The van der Waals surface area contributed by atoms with Gasteiger partial charge in [-0.2, -0.15) is 5.09 Å². The molecule has 0 saturated heterocycles. The lowest BCUT2D eigenvalue weighted by molar-refractivity contribution is 1.27. The largest absolute Gasteiger partial charge is 0.421 e. The van der Waals surface area contributed by atoms with Gasteiger partial charge in [0.25, 0.3) is 0 Å². The smallest absolute Gasteiger partial charge is 0.198 e. The molecule has 1 heterocycles. The zero-order valence-electron chi connectivity index (χ0n) is 5.41. The molecule has 0 aromatic carbocycles. The molecule has 0 fully saturated rings. The van der Waals surface area contributed by atoms with Gasteiger partial charge in [-0.25, -0.2) is 0 Å². The molecule has 1 aliphatic rings. The predicted molar refractivity (Wildman–Crippen MR) is 53.6 cm³/mol. The minimum atomic E-state index is -2.53. The van der Waals surface area contributed by atoms with E-state index in [0.717, 1.165) is 0 Å². The Balaban J connectivity index is 3.01. The normalized spacial score (nSPS) is 22.8. The Morgan fingerprint density at radius 3 is 2.36 bits per heavy atom. The van der Waals surface area contributed by atoms with Crippen LogP contribution in [0.15, 0.2) is 15.5 Å². The zero-order chi connectivity index (χ0) is 8.65. The SMILES string of the molecule is CC1=C(Cl)N[P+](Cl)(Cl)N=C1Cl. The van der Waals surface area contributed by atoms with Gasteiger partial charge in [0.1, 0.15) is 5.16 Å². The van der Waals surface area contributed by atoms with Crippen molar-refractivity contribution >= 4 is 57.1 Å². The van der Waals surface area contributed by atoms with Crippen molar-refractivity contribution in [3.8, 4) is 0 Å². The molecule has 1 rings (SSSR count). The molecule has 0 spiro atoms. The van der Waals surface area contributed by atoms with E-state index in [0.29, 0.717) is 10.7 Å². The van der Waals surface area contributed by atoms with Crippen molar-refractivity contribution in [2.24, 2.45) is 4.76 Å². The lowest BCUT2D eigenvalue weighted by atomic mass is 10.4. The van der Waals surface area contributed by atoms with E-state index >= 15 is 0 Å². The molecule has 1 aliphatic heterocycles. The monoisotopic (exact) mass is 251 g/mol. The maximum atomic E-state index is 5.71. The van der Waals surface area contributed by atoms with Crippen LogP contribution in [0.5, 0.6) is 0 Å². The molecule has 11 heavy (non-hydrogen) atoms. The highest BCUT2D eigenvalue weighted by Gasteiger charge is 2.40. The molecule has 0 saturated carbocycles. The first-order valence-corrected chi connectivity index (χ1v) is 6.92. The third kappa shape index (κ3) is 2.37. The summed E-state index contributed by atoms with van der Waals surface area (Å²) in [6.45, 7) is 1.73. The maximum Gasteiger partial charge on any atom is 0.421 e. The summed E-state index contributed by atoms with van der Waals surface area (Å²) in [6.07, 6.45) is -2.53. The van der Waals surface area contributed by atoms with Crippen molar-refractivity contribution in [1.29, 1.82) is 0 Å². The highest BCUT2D eigenvalue weighted by Crippen LogP contribution is 2.69. The van der Waals surface area contributed by atoms with Crippen molar-refractivity contribution in [3.63, 3.8) is 0 Å². The van der Waals surface area contributed by atoms with Gasteiger partial charge in [-0.15, -0.1) is 0 Å². The van der Waals surface area contributed by atoms with Crippen molar-refractivity contribution in [1.82, 2.24) is 5.09 Å². The van der Waals surface area contributed by atoms with Gasteiger partial charge >= 0.3 is 6.27 Å². The minimum Gasteiger partial charge on any atom is -0.198 e. The Labute approximate surface area is 84.6 Å². The van der Waals surface area contributed by atoms with Crippen LogP contribution in [-0.4, -0.2) is 5.17 Å². The van der Waals surface area contributed by atoms with E-state index in [-0.39, 0.29) is 5.17 Å². The third-order valence-electron chi connectivity index (χ3n) is 1.08. The molecule has 0 aromatic heterocycles. The van der Waals surface area contributed by atoms with Gasteiger partial charge < -0.3 is 0 Å². The van der Waals surface area contributed by atoms with Crippen LogP contribution in [0, 0.1) is 0 Å². The molecule has 7 heteroatoms. The van der Waals surface area contributed by atoms with Crippen LogP contribution in [0.2, 0.25) is 0 Å². The number of hydrogen-bond acceptors (Lipinski definition) is 2. The van der Waals surface area contributed by atoms with E-state index in [1.165, 1.54) is 0 Å². The molecule has 0 radical (unpaired) electrons. The van der Waals surface area contributed by atoms with Crippen LogP contribution in [0.3, 0.4) is 0 Å². The second-order valence-corrected chi connectivity index (χ2v) is 7.51. The van der Waals surface area contributed by atoms with Crippen molar-refractivity contribution < 1.29 is 0 Å². The van der Waals surface area contributed by atoms with Gasteiger partial charge in [-0.1, -0.05) is 28.0 Å². The number of allylic oxidation sites excluding steroid dienone is 1. The summed E-state index contributed by atoms with van der Waals surface area (Å²) in [5, 5.41) is 3.29. The molecule has 0 unspecified atom stereocenters. The molecule has 0 aliphatic carbocycles. The van der Waals surface area contributed by atoms with Crippen LogP contribution in [0.4, 0.5) is 0 Å². The van der Waals surface area contributed by atoms with Gasteiger partial charge in [0.05, 0.1) is 0 Å². The Bertz CT molecular complexity index is 246. The Hall–Kier alpha value is 0.800. The fraction of sp³-hybridized carbons (Fsp3) is 0.250. The van der Waals surface area contributed by atoms with E-state index < -0.39 is 6.27 Å². The minimum absolute atomic E-state index is 0.270. The van der Waals surface area contributed by atoms with Gasteiger partial charge in [-0.3, -0.25) is 0 Å². The van der Waals surface area contributed by atoms with Crippen LogP contribution >= 0.6 is 52.0 Å². The highest BCUT2D eigenvalue weighted by atomic mass is 35.9. The molecule has 1 N–H and O–H groups in total. The summed E-state index contributed by atoms with van der Waals surface area (Å²) >= 11 is 22.8. The summed E-state index contributed by atoms with van der Waals surface area (Å²) in [6, 6.07) is 0. The molecule has 0 amide bonds. The Morgan fingerprint density at radius 2 is 1.91 bits per heavy atom. The van der Waals surface area contributed by atoms with Gasteiger partial charge in [0.2, 0.25) is 0 Å². The maximum absolute atomic E-state index is 5.71. The molecular weight excluding hydrogens is 249 g/mol. The number of nitrogens with zero attached hydrogens (tertiary/aromatic N) is 1. The van der Waals surface area contributed by atoms with Crippen LogP contribution in [0.1, 0.15) is 6.92 Å². The van der Waals surface area contributed by atoms with E-state index in [1.807, 2.05) is 0 Å². The van der Waals surface area contributed by atoms with E-state index in [9.17, 15) is 0 Å². The number of rotatable bonds is 0. The van der Waals surface area contributed by atoms with Crippen molar-refractivity contribution in [2.75, 3.05) is 0 Å². The first-order valence-electron chi connectivity index (χ1n) is 2.61. The lowest BCUT2D eigenvalue weighted by Crippen LogP contribution is -2.12. The first-order chi connectivity index (χ1) is 4.92. The van der Waals surface area contributed by atoms with Crippen molar-refractivity contribution in [2.45, 2.75) is 6.92 Å². The standard InChI is InChI=1S/C4H4Cl4N2P/c1-2-3(5)9-11(7,8)10-4(2)6/h9H,1H3/q+1. The molecule has 0 aromatic rings. The third-order valence-corrected chi connectivity index (χ3v) is 3.98. The van der Waals surface area contributed by atoms with Gasteiger partial charge in [0.15, 0.2) is 27.7 Å². The fourth-order valence-electron chi connectivity index (χ4n) is 0.503. The first kappa shape index (κ1) is 9.88. The zero-order valence-corrected chi connectivity index (χ0v) is 9.32. The van der Waals surface area contributed by atoms with Crippen LogP contribution in [0.25, 0.3) is 0 Å². The lowest BCUT2D eigenvalue weighted by Gasteiger charge is -2.13. The fourth-order valence-corrected chi connectivity index (χ4v) is 3.72. The summed E-state index contributed by atoms with van der Waals surface area (Å²) in [5.41, 5.74) is 0.658. The topological polar surface area (TPSA) is 24.4 Å². The average Bonchev–Trinajstić information content (AvgIpc) is 1.81. The number of hydrogen-bond donors (Lipinski definition) is 1. The highest BCUT2D eigenvalue weighted by molar-refractivity contribution is 8.15. The quantitative estimate of drug-likeness (QED) is 0.514. The Kier molecular flexibility index (Phi) is 2.94. The second kappa shape index (κ2) is 3.27. The van der Waals surface area contributed by atoms with Crippen LogP contribution < -0.4 is 5.09 Å². The van der Waals surface area contributed by atoms with Gasteiger partial charge in [-0.05, 0) is 6.92 Å². The summed E-state index contributed by atoms with van der Waals surface area (Å²) in [7, 11) is 0.